The van der Waals surface area contributed by atoms with E-state index in [1.807, 2.05) is 0 Å². The van der Waals surface area contributed by atoms with Gasteiger partial charge in [0.1, 0.15) is 12.2 Å². The predicted molar refractivity (Wildman–Crippen MR) is 107 cm³/mol. The number of rotatable bonds is 15. The largest absolute Gasteiger partial charge is 0.462 e. The lowest BCUT2D eigenvalue weighted by Gasteiger charge is -2.19. The molecule has 154 valence electrons. The molecule has 26 heavy (non-hydrogen) atoms. The van der Waals surface area contributed by atoms with Crippen molar-refractivity contribution in [2.75, 3.05) is 0 Å². The topological polar surface area (TPSA) is 52.6 Å². The molecule has 0 bridgehead atoms. The molecule has 0 aromatic rings. The van der Waals surface area contributed by atoms with Crippen LogP contribution < -0.4 is 0 Å². The van der Waals surface area contributed by atoms with E-state index in [0.29, 0.717) is 24.7 Å². The second-order valence-corrected chi connectivity index (χ2v) is 7.98. The van der Waals surface area contributed by atoms with E-state index in [-0.39, 0.29) is 24.1 Å². The van der Waals surface area contributed by atoms with Gasteiger partial charge in [0.05, 0.1) is 0 Å². The van der Waals surface area contributed by atoms with Crippen molar-refractivity contribution in [1.29, 1.82) is 0 Å². The van der Waals surface area contributed by atoms with Crippen LogP contribution >= 0.6 is 0 Å². The summed E-state index contributed by atoms with van der Waals surface area (Å²) in [5, 5.41) is 0. The van der Waals surface area contributed by atoms with Gasteiger partial charge in [0, 0.05) is 12.8 Å². The van der Waals surface area contributed by atoms with E-state index in [4.69, 9.17) is 9.47 Å². The minimum Gasteiger partial charge on any atom is -0.462 e. The Morgan fingerprint density at radius 2 is 0.923 bits per heavy atom. The van der Waals surface area contributed by atoms with Gasteiger partial charge in [0.15, 0.2) is 0 Å². The summed E-state index contributed by atoms with van der Waals surface area (Å²) in [4.78, 5) is 23.6. The number of carbonyl (C=O) groups is 2. The first-order chi connectivity index (χ1) is 12.3. The molecule has 2 atom stereocenters. The van der Waals surface area contributed by atoms with E-state index in [1.165, 1.54) is 0 Å². The number of unbranched alkanes of at least 4 members (excludes halogenated alkanes) is 5. The zero-order valence-corrected chi connectivity index (χ0v) is 18.0. The highest BCUT2D eigenvalue weighted by atomic mass is 16.5. The number of carbonyl (C=O) groups excluding carboxylic acids is 2. The van der Waals surface area contributed by atoms with Crippen LogP contribution in [0.15, 0.2) is 0 Å². The van der Waals surface area contributed by atoms with Gasteiger partial charge in [-0.2, -0.15) is 0 Å². The van der Waals surface area contributed by atoms with E-state index in [9.17, 15) is 9.59 Å². The first-order valence-electron chi connectivity index (χ1n) is 10.7. The summed E-state index contributed by atoms with van der Waals surface area (Å²) in [5.74, 6) is 0.625. The second-order valence-electron chi connectivity index (χ2n) is 7.98. The summed E-state index contributed by atoms with van der Waals surface area (Å²) in [6, 6.07) is 0. The van der Waals surface area contributed by atoms with Crippen LogP contribution in [0, 0.1) is 11.8 Å². The maximum atomic E-state index is 11.8. The van der Waals surface area contributed by atoms with Gasteiger partial charge in [0.2, 0.25) is 0 Å². The van der Waals surface area contributed by atoms with Crippen LogP contribution in [0.5, 0.6) is 0 Å². The van der Waals surface area contributed by atoms with Gasteiger partial charge in [-0.3, -0.25) is 9.59 Å². The Balaban J connectivity index is 3.62. The molecule has 0 radical (unpaired) electrons. The third kappa shape index (κ3) is 12.3. The summed E-state index contributed by atoms with van der Waals surface area (Å²) >= 11 is 0. The van der Waals surface area contributed by atoms with Crippen molar-refractivity contribution in [3.05, 3.63) is 0 Å². The lowest BCUT2D eigenvalue weighted by molar-refractivity contribution is -0.152. The number of ether oxygens (including phenoxy) is 2. The zero-order chi connectivity index (χ0) is 19.9. The Morgan fingerprint density at radius 1 is 0.615 bits per heavy atom. The molecule has 0 spiro atoms. The summed E-state index contributed by atoms with van der Waals surface area (Å²) < 4.78 is 11.0. The summed E-state index contributed by atoms with van der Waals surface area (Å²) in [6.07, 6.45) is 8.96. The fourth-order valence-electron chi connectivity index (χ4n) is 3.08. The highest BCUT2D eigenvalue weighted by molar-refractivity contribution is 5.69. The smallest absolute Gasteiger partial charge is 0.306 e. The molecule has 0 aliphatic rings. The van der Waals surface area contributed by atoms with Gasteiger partial charge in [-0.15, -0.1) is 0 Å². The van der Waals surface area contributed by atoms with Crippen LogP contribution in [-0.2, 0) is 19.1 Å². The molecule has 0 rings (SSSR count). The maximum absolute atomic E-state index is 11.8. The third-order valence-electron chi connectivity index (χ3n) is 4.87. The Bertz CT molecular complexity index is 340. The molecule has 0 N–H and O–H groups in total. The lowest BCUT2D eigenvalue weighted by atomic mass is 10.0. The summed E-state index contributed by atoms with van der Waals surface area (Å²) in [5.41, 5.74) is 0. The van der Waals surface area contributed by atoms with Crippen LogP contribution in [0.1, 0.15) is 106 Å². The quantitative estimate of drug-likeness (QED) is 0.259. The van der Waals surface area contributed by atoms with Crippen molar-refractivity contribution in [3.63, 3.8) is 0 Å². The van der Waals surface area contributed by atoms with E-state index >= 15 is 0 Å². The summed E-state index contributed by atoms with van der Waals surface area (Å²) in [7, 11) is 0. The van der Waals surface area contributed by atoms with Crippen LogP contribution in [0.3, 0.4) is 0 Å². The molecular formula is C22H42O4. The van der Waals surface area contributed by atoms with Crippen LogP contribution in [0.4, 0.5) is 0 Å². The molecule has 0 aromatic carbocycles. The molecule has 0 aliphatic heterocycles. The molecular weight excluding hydrogens is 328 g/mol. The van der Waals surface area contributed by atoms with Crippen molar-refractivity contribution in [2.45, 2.75) is 118 Å². The molecule has 0 saturated heterocycles. The van der Waals surface area contributed by atoms with E-state index in [1.54, 1.807) is 0 Å². The fourth-order valence-corrected chi connectivity index (χ4v) is 3.08. The molecule has 0 aromatic heterocycles. The van der Waals surface area contributed by atoms with Gasteiger partial charge < -0.3 is 9.47 Å². The fraction of sp³-hybridized carbons (Fsp3) is 0.909. The Hall–Kier alpha value is -1.06. The van der Waals surface area contributed by atoms with Gasteiger partial charge in [0.25, 0.3) is 0 Å². The third-order valence-corrected chi connectivity index (χ3v) is 4.87. The minimum absolute atomic E-state index is 0.0465. The molecule has 0 amide bonds. The van der Waals surface area contributed by atoms with E-state index in [0.717, 1.165) is 51.4 Å². The van der Waals surface area contributed by atoms with Crippen molar-refractivity contribution in [2.24, 2.45) is 11.8 Å². The molecule has 4 heteroatoms. The molecule has 0 aliphatic carbocycles. The molecule has 0 saturated carbocycles. The maximum Gasteiger partial charge on any atom is 0.306 e. The van der Waals surface area contributed by atoms with Crippen molar-refractivity contribution >= 4 is 11.9 Å². The van der Waals surface area contributed by atoms with E-state index in [2.05, 4.69) is 41.5 Å². The highest BCUT2D eigenvalue weighted by Gasteiger charge is 2.16. The predicted octanol–water partition coefficient (Wildman–Crippen LogP) is 6.06. The van der Waals surface area contributed by atoms with Crippen molar-refractivity contribution < 1.29 is 19.1 Å². The highest BCUT2D eigenvalue weighted by Crippen LogP contribution is 2.15. The van der Waals surface area contributed by atoms with Crippen LogP contribution in [0.25, 0.3) is 0 Å². The van der Waals surface area contributed by atoms with Crippen LogP contribution in [0.2, 0.25) is 0 Å². The average Bonchev–Trinajstić information content (AvgIpc) is 2.59. The normalized spacial score (nSPS) is 13.7. The Morgan fingerprint density at radius 3 is 1.19 bits per heavy atom. The number of hydrogen-bond acceptors (Lipinski definition) is 4. The first-order valence-corrected chi connectivity index (χ1v) is 10.7. The zero-order valence-electron chi connectivity index (χ0n) is 18.0. The van der Waals surface area contributed by atoms with Gasteiger partial charge >= 0.3 is 11.9 Å². The minimum atomic E-state index is -0.0658. The van der Waals surface area contributed by atoms with Crippen molar-refractivity contribution in [3.8, 4) is 0 Å². The number of esters is 2. The average molecular weight is 371 g/mol. The van der Waals surface area contributed by atoms with Crippen LogP contribution in [-0.4, -0.2) is 24.1 Å². The monoisotopic (exact) mass is 370 g/mol. The molecule has 2 unspecified atom stereocenters. The second kappa shape index (κ2) is 15.0. The van der Waals surface area contributed by atoms with Crippen molar-refractivity contribution in [1.82, 2.24) is 0 Å². The molecule has 0 heterocycles. The van der Waals surface area contributed by atoms with Gasteiger partial charge in [-0.25, -0.2) is 0 Å². The van der Waals surface area contributed by atoms with Gasteiger partial charge in [-0.05, 0) is 37.5 Å². The van der Waals surface area contributed by atoms with Gasteiger partial charge in [-0.1, -0.05) is 67.2 Å². The molecule has 4 nitrogen and oxygen atoms in total. The molecule has 0 fully saturated rings. The first kappa shape index (κ1) is 24.9. The van der Waals surface area contributed by atoms with E-state index < -0.39 is 0 Å². The Labute approximate surface area is 161 Å². The SMILES string of the molecule is CCC(OC(=O)CCCCCCCCC(=O)OC(CC)C(C)C)C(C)C. The number of hydrogen-bond donors (Lipinski definition) is 0. The summed E-state index contributed by atoms with van der Waals surface area (Å²) in [6.45, 7) is 12.5. The Kier molecular flexibility index (Phi) is 14.4. The lowest BCUT2D eigenvalue weighted by Crippen LogP contribution is -2.22. The standard InChI is InChI=1S/C22H42O4/c1-7-19(17(3)4)25-21(23)15-13-11-9-10-12-14-16-22(24)26-20(8-2)18(5)6/h17-20H,7-16H2,1-6H3.